The van der Waals surface area contributed by atoms with Crippen LogP contribution in [0, 0.1) is 0 Å². The monoisotopic (exact) mass is 514 g/mol. The average Bonchev–Trinajstić information content (AvgIpc) is 3.37. The second kappa shape index (κ2) is 8.65. The largest absolute Gasteiger partial charge is 0.459 e. The van der Waals surface area contributed by atoms with Crippen molar-refractivity contribution in [3.8, 4) is 39.5 Å². The summed E-state index contributed by atoms with van der Waals surface area (Å²) in [6.45, 7) is 8.10. The van der Waals surface area contributed by atoms with Gasteiger partial charge < -0.3 is 13.9 Å². The van der Waals surface area contributed by atoms with E-state index in [0.717, 1.165) is 77.8 Å². The highest BCUT2D eigenvalue weighted by Crippen LogP contribution is 2.39. The maximum Gasteiger partial charge on any atom is 0.260 e. The van der Waals surface area contributed by atoms with Crippen molar-refractivity contribution in [2.24, 2.45) is 0 Å². The van der Waals surface area contributed by atoms with E-state index in [1.165, 1.54) is 0 Å². The van der Waals surface area contributed by atoms with Crippen LogP contribution in [0.3, 0.4) is 0 Å². The molecule has 0 atom stereocenters. The highest BCUT2D eigenvalue weighted by Gasteiger charge is 2.41. The van der Waals surface area contributed by atoms with Crippen LogP contribution >= 0.6 is 0 Å². The average molecular weight is 514 g/mol. The number of allylic oxidation sites excluding steroid dienone is 3. The molecule has 3 heterocycles. The lowest BCUT2D eigenvalue weighted by Crippen LogP contribution is -2.51. The van der Waals surface area contributed by atoms with Gasteiger partial charge in [0, 0.05) is 21.8 Å². The first-order chi connectivity index (χ1) is 19.7. The van der Waals surface area contributed by atoms with Gasteiger partial charge in [0.2, 0.25) is 0 Å². The Bertz CT molecular complexity index is 2060. The number of benzene rings is 5. The molecular formula is C36H23BO3. The van der Waals surface area contributed by atoms with Crippen LogP contribution < -0.4 is 20.4 Å². The van der Waals surface area contributed by atoms with Gasteiger partial charge in [0.05, 0.1) is 0 Å². The number of hydrogen-bond donors (Lipinski definition) is 0. The molecule has 6 aromatic rings. The van der Waals surface area contributed by atoms with Crippen molar-refractivity contribution >= 4 is 39.6 Å². The predicted octanol–water partition coefficient (Wildman–Crippen LogP) is 8.19. The minimum absolute atomic E-state index is 0.0540. The van der Waals surface area contributed by atoms with Gasteiger partial charge in [0.15, 0.2) is 0 Å². The first-order valence-corrected chi connectivity index (χ1v) is 13.3. The Kier molecular flexibility index (Phi) is 4.92. The lowest BCUT2D eigenvalue weighted by Gasteiger charge is -2.34. The van der Waals surface area contributed by atoms with E-state index < -0.39 is 0 Å². The molecule has 40 heavy (non-hydrogen) atoms. The maximum atomic E-state index is 6.37. The van der Waals surface area contributed by atoms with Gasteiger partial charge in [-0.1, -0.05) is 98.1 Å². The number of para-hydroxylation sites is 2. The predicted molar refractivity (Wildman–Crippen MR) is 164 cm³/mol. The van der Waals surface area contributed by atoms with Gasteiger partial charge in [-0.25, -0.2) is 0 Å². The van der Waals surface area contributed by atoms with Crippen LogP contribution in [0.25, 0.3) is 44.2 Å². The summed E-state index contributed by atoms with van der Waals surface area (Å²) in [4.78, 5) is 0. The van der Waals surface area contributed by atoms with Crippen LogP contribution in [-0.4, -0.2) is 6.71 Å². The third-order valence-electron chi connectivity index (χ3n) is 7.93. The molecule has 3 nitrogen and oxygen atoms in total. The molecule has 0 aliphatic carbocycles. The van der Waals surface area contributed by atoms with Gasteiger partial charge in [-0.05, 0) is 58.0 Å². The van der Waals surface area contributed by atoms with Crippen molar-refractivity contribution in [2.75, 3.05) is 0 Å². The molecule has 0 saturated heterocycles. The molecule has 0 radical (unpaired) electrons. The van der Waals surface area contributed by atoms with Gasteiger partial charge in [0.25, 0.3) is 6.71 Å². The van der Waals surface area contributed by atoms with E-state index in [1.807, 2.05) is 36.4 Å². The van der Waals surface area contributed by atoms with Crippen molar-refractivity contribution < 1.29 is 13.9 Å². The Labute approximate surface area is 232 Å². The molecule has 8 rings (SSSR count). The summed E-state index contributed by atoms with van der Waals surface area (Å²) in [5.41, 5.74) is 9.31. The normalized spacial score (nSPS) is 14.6. The highest BCUT2D eigenvalue weighted by molar-refractivity contribution is 6.94. The Morgan fingerprint density at radius 3 is 2.30 bits per heavy atom. The molecule has 0 unspecified atom stereocenters. The van der Waals surface area contributed by atoms with Crippen LogP contribution in [0.15, 0.2) is 144 Å². The lowest BCUT2D eigenvalue weighted by atomic mass is 9.34. The second-order valence-electron chi connectivity index (χ2n) is 10.2. The molecule has 0 saturated carbocycles. The van der Waals surface area contributed by atoms with Crippen LogP contribution in [0.5, 0.6) is 17.2 Å². The quantitative estimate of drug-likeness (QED) is 0.223. The first kappa shape index (κ1) is 22.7. The van der Waals surface area contributed by atoms with Gasteiger partial charge in [0.1, 0.15) is 34.2 Å². The summed E-state index contributed by atoms with van der Waals surface area (Å²) in [7, 11) is 0. The van der Waals surface area contributed by atoms with E-state index in [1.54, 1.807) is 6.08 Å². The van der Waals surface area contributed by atoms with Crippen LogP contribution in [-0.2, 0) is 0 Å². The fourth-order valence-corrected chi connectivity index (χ4v) is 6.14. The summed E-state index contributed by atoms with van der Waals surface area (Å²) in [5.74, 6) is 3.07. The van der Waals surface area contributed by atoms with Gasteiger partial charge in [-0.2, -0.15) is 0 Å². The molecule has 0 N–H and O–H groups in total. The van der Waals surface area contributed by atoms with Crippen molar-refractivity contribution in [3.63, 3.8) is 0 Å². The molecular weight excluding hydrogens is 491 g/mol. The zero-order chi connectivity index (χ0) is 26.8. The summed E-state index contributed by atoms with van der Waals surface area (Å²) in [5, 5.41) is 2.26. The lowest BCUT2D eigenvalue weighted by molar-refractivity contribution is 0.433. The molecule has 0 spiro atoms. The zero-order valence-corrected chi connectivity index (χ0v) is 21.7. The Morgan fingerprint density at radius 1 is 0.650 bits per heavy atom. The maximum absolute atomic E-state index is 6.37. The summed E-state index contributed by atoms with van der Waals surface area (Å²) in [6.07, 6.45) is 3.78. The molecule has 188 valence electrons. The Morgan fingerprint density at radius 2 is 1.40 bits per heavy atom. The van der Waals surface area contributed by atoms with Gasteiger partial charge in [-0.15, -0.1) is 0 Å². The fraction of sp³-hybridized carbons (Fsp3) is 0. The van der Waals surface area contributed by atoms with E-state index in [4.69, 9.17) is 13.9 Å². The first-order valence-electron chi connectivity index (χ1n) is 13.3. The zero-order valence-electron chi connectivity index (χ0n) is 21.7. The molecule has 0 amide bonds. The standard InChI is InChI=1S/C36H23BO3/c1-3-9-29-22(2)38-33-16-8-17-34-35(33)37(29)30-21-24(18-19-32(30)39-34)23-10-6-11-25(20-23)26-13-7-14-28-27-12-4-5-15-31(27)40-36(26)28/h3-21H,1-2H2/b29-9+. The molecule has 0 bridgehead atoms. The number of furan rings is 1. The minimum atomic E-state index is -0.0540. The molecule has 4 heteroatoms. The molecule has 2 aliphatic rings. The van der Waals surface area contributed by atoms with Crippen LogP contribution in [0.2, 0.25) is 0 Å². The topological polar surface area (TPSA) is 31.6 Å². The summed E-state index contributed by atoms with van der Waals surface area (Å²) < 4.78 is 18.8. The van der Waals surface area contributed by atoms with Gasteiger partial charge >= 0.3 is 0 Å². The third kappa shape index (κ3) is 3.33. The number of ether oxygens (including phenoxy) is 2. The second-order valence-corrected chi connectivity index (χ2v) is 10.2. The van der Waals surface area contributed by atoms with Crippen molar-refractivity contribution in [1.82, 2.24) is 0 Å². The van der Waals surface area contributed by atoms with Crippen LogP contribution in [0.4, 0.5) is 0 Å². The fourth-order valence-electron chi connectivity index (χ4n) is 6.14. The smallest absolute Gasteiger partial charge is 0.260 e. The van der Waals surface area contributed by atoms with E-state index in [2.05, 4.69) is 86.0 Å². The SMILES string of the molecule is C=C/C=C1/B2c3cc(-c4cccc(-c5cccc6c5oc5ccccc56)c4)ccc3Oc3cccc(c32)OC1=C. The molecule has 0 fully saturated rings. The van der Waals surface area contributed by atoms with E-state index in [0.29, 0.717) is 5.76 Å². The highest BCUT2D eigenvalue weighted by atomic mass is 16.5. The molecule has 1 aromatic heterocycles. The number of hydrogen-bond acceptors (Lipinski definition) is 3. The van der Waals surface area contributed by atoms with Crippen LogP contribution in [0.1, 0.15) is 0 Å². The minimum Gasteiger partial charge on any atom is -0.459 e. The number of rotatable bonds is 3. The molecule has 5 aromatic carbocycles. The van der Waals surface area contributed by atoms with E-state index in [9.17, 15) is 0 Å². The molecule has 2 aliphatic heterocycles. The summed E-state index contributed by atoms with van der Waals surface area (Å²) in [6, 6.07) is 35.5. The van der Waals surface area contributed by atoms with Crippen molar-refractivity contribution in [3.05, 3.63) is 140 Å². The van der Waals surface area contributed by atoms with Gasteiger partial charge in [-0.3, -0.25) is 0 Å². The third-order valence-corrected chi connectivity index (χ3v) is 7.93. The van der Waals surface area contributed by atoms with Crippen molar-refractivity contribution in [1.29, 1.82) is 0 Å². The Hall–Kier alpha value is -5.22. The Balaban J connectivity index is 1.27. The number of fused-ring (bicyclic) bond motifs is 5. The van der Waals surface area contributed by atoms with E-state index >= 15 is 0 Å². The van der Waals surface area contributed by atoms with Crippen molar-refractivity contribution in [2.45, 2.75) is 0 Å². The summed E-state index contributed by atoms with van der Waals surface area (Å²) >= 11 is 0. The van der Waals surface area contributed by atoms with E-state index in [-0.39, 0.29) is 6.71 Å².